The summed E-state index contributed by atoms with van der Waals surface area (Å²) >= 11 is 1.60. The number of aromatic nitrogens is 1. The first kappa shape index (κ1) is 18.0. The third kappa shape index (κ3) is 5.09. The van der Waals surface area contributed by atoms with Gasteiger partial charge in [0.05, 0.1) is 5.03 Å². The fourth-order valence-corrected chi connectivity index (χ4v) is 2.79. The monoisotopic (exact) mass is 343 g/mol. The van der Waals surface area contributed by atoms with E-state index in [1.54, 1.807) is 42.2 Å². The normalized spacial score (nSPS) is 10.2. The number of pyridine rings is 1. The van der Waals surface area contributed by atoms with E-state index in [0.29, 0.717) is 24.2 Å². The first-order valence-corrected chi connectivity index (χ1v) is 8.86. The highest BCUT2D eigenvalue weighted by Crippen LogP contribution is 2.15. The second-order valence-electron chi connectivity index (χ2n) is 5.06. The van der Waals surface area contributed by atoms with Crippen molar-refractivity contribution < 1.29 is 9.59 Å². The molecule has 5 nitrogen and oxygen atoms in total. The average molecular weight is 343 g/mol. The first-order valence-electron chi connectivity index (χ1n) is 7.88. The molecule has 0 unspecified atom stereocenters. The number of carbonyl (C=O) groups excluding carboxylic acids is 2. The lowest BCUT2D eigenvalue weighted by molar-refractivity contribution is 0.0946. The quantitative estimate of drug-likeness (QED) is 0.759. The maximum absolute atomic E-state index is 12.3. The van der Waals surface area contributed by atoms with Crippen LogP contribution in [0.5, 0.6) is 0 Å². The van der Waals surface area contributed by atoms with Gasteiger partial charge in [-0.2, -0.15) is 0 Å². The molecule has 2 amide bonds. The molecule has 6 heteroatoms. The third-order valence-corrected chi connectivity index (χ3v) is 4.08. The van der Waals surface area contributed by atoms with Gasteiger partial charge in [0, 0.05) is 30.4 Å². The number of rotatable bonds is 7. The standard InChI is InChI=1S/C18H21N3O2S/c1-3-19-17(22)14-7-5-6-13(10-14)12-21-18(23)15-8-9-20-16(11-15)24-4-2/h5-11H,3-4,12H2,1-2H3,(H,19,22)(H,21,23). The molecule has 0 fully saturated rings. The molecule has 0 aliphatic heterocycles. The molecule has 0 bridgehead atoms. The molecule has 1 aromatic heterocycles. The predicted molar refractivity (Wildman–Crippen MR) is 96.3 cm³/mol. The van der Waals surface area contributed by atoms with Gasteiger partial charge in [0.2, 0.25) is 0 Å². The van der Waals surface area contributed by atoms with Crippen LogP contribution in [-0.4, -0.2) is 29.1 Å². The molecule has 0 spiro atoms. The van der Waals surface area contributed by atoms with Gasteiger partial charge in [-0.3, -0.25) is 9.59 Å². The number of hydrogen-bond acceptors (Lipinski definition) is 4. The Morgan fingerprint density at radius 1 is 1.04 bits per heavy atom. The predicted octanol–water partition coefficient (Wildman–Crippen LogP) is 2.87. The molecule has 2 aromatic rings. The minimum absolute atomic E-state index is 0.110. The Balaban J connectivity index is 2.00. The molecule has 2 rings (SSSR count). The van der Waals surface area contributed by atoms with Crippen molar-refractivity contribution >= 4 is 23.6 Å². The maximum atomic E-state index is 12.3. The number of thioether (sulfide) groups is 1. The molecule has 0 atom stereocenters. The van der Waals surface area contributed by atoms with Gasteiger partial charge >= 0.3 is 0 Å². The molecule has 24 heavy (non-hydrogen) atoms. The molecule has 0 aliphatic rings. The van der Waals surface area contributed by atoms with Crippen LogP contribution in [0, 0.1) is 0 Å². The second kappa shape index (κ2) is 9.08. The highest BCUT2D eigenvalue weighted by molar-refractivity contribution is 7.99. The Bertz CT molecular complexity index is 719. The summed E-state index contributed by atoms with van der Waals surface area (Å²) in [5, 5.41) is 6.47. The van der Waals surface area contributed by atoms with E-state index in [1.165, 1.54) is 0 Å². The van der Waals surface area contributed by atoms with E-state index in [-0.39, 0.29) is 11.8 Å². The van der Waals surface area contributed by atoms with Crippen LogP contribution in [0.4, 0.5) is 0 Å². The molecular weight excluding hydrogens is 322 g/mol. The largest absolute Gasteiger partial charge is 0.352 e. The van der Waals surface area contributed by atoms with Crippen LogP contribution < -0.4 is 10.6 Å². The van der Waals surface area contributed by atoms with Crippen LogP contribution in [0.1, 0.15) is 40.1 Å². The van der Waals surface area contributed by atoms with E-state index in [1.807, 2.05) is 26.0 Å². The smallest absolute Gasteiger partial charge is 0.251 e. The van der Waals surface area contributed by atoms with Crippen LogP contribution >= 0.6 is 11.8 Å². The topological polar surface area (TPSA) is 71.1 Å². The summed E-state index contributed by atoms with van der Waals surface area (Å²) in [6.45, 7) is 4.87. The van der Waals surface area contributed by atoms with Gasteiger partial charge in [-0.25, -0.2) is 4.98 Å². The lowest BCUT2D eigenvalue weighted by Gasteiger charge is -2.08. The summed E-state index contributed by atoms with van der Waals surface area (Å²) in [6.07, 6.45) is 1.64. The van der Waals surface area contributed by atoms with Gasteiger partial charge < -0.3 is 10.6 Å². The van der Waals surface area contributed by atoms with E-state index in [2.05, 4.69) is 15.6 Å². The fourth-order valence-electron chi connectivity index (χ4n) is 2.15. The molecule has 2 N–H and O–H groups in total. The molecule has 1 aromatic carbocycles. The van der Waals surface area contributed by atoms with E-state index in [4.69, 9.17) is 0 Å². The minimum atomic E-state index is -0.154. The summed E-state index contributed by atoms with van der Waals surface area (Å²) in [5.74, 6) is 0.643. The van der Waals surface area contributed by atoms with Crippen molar-refractivity contribution in [3.05, 3.63) is 59.3 Å². The molecule has 0 radical (unpaired) electrons. The summed E-state index contributed by atoms with van der Waals surface area (Å²) in [6, 6.07) is 10.7. The van der Waals surface area contributed by atoms with Crippen molar-refractivity contribution in [2.75, 3.05) is 12.3 Å². The van der Waals surface area contributed by atoms with Gasteiger partial charge in [-0.1, -0.05) is 19.1 Å². The average Bonchev–Trinajstić information content (AvgIpc) is 2.60. The van der Waals surface area contributed by atoms with Gasteiger partial charge in [0.1, 0.15) is 0 Å². The molecular formula is C18H21N3O2S. The number of nitrogens with one attached hydrogen (secondary N) is 2. The Hall–Kier alpha value is -2.34. The minimum Gasteiger partial charge on any atom is -0.352 e. The van der Waals surface area contributed by atoms with Crippen molar-refractivity contribution in [2.45, 2.75) is 25.4 Å². The summed E-state index contributed by atoms with van der Waals surface area (Å²) in [5.41, 5.74) is 2.05. The fraction of sp³-hybridized carbons (Fsp3) is 0.278. The lowest BCUT2D eigenvalue weighted by Crippen LogP contribution is -2.24. The van der Waals surface area contributed by atoms with Crippen LogP contribution in [0.2, 0.25) is 0 Å². The number of nitrogens with zero attached hydrogens (tertiary/aromatic N) is 1. The van der Waals surface area contributed by atoms with Crippen LogP contribution in [0.3, 0.4) is 0 Å². The van der Waals surface area contributed by atoms with E-state index in [0.717, 1.165) is 16.3 Å². The lowest BCUT2D eigenvalue weighted by atomic mass is 10.1. The van der Waals surface area contributed by atoms with Crippen LogP contribution in [-0.2, 0) is 6.54 Å². The highest BCUT2D eigenvalue weighted by atomic mass is 32.2. The maximum Gasteiger partial charge on any atom is 0.251 e. The molecule has 126 valence electrons. The molecule has 1 heterocycles. The first-order chi connectivity index (χ1) is 11.6. The van der Waals surface area contributed by atoms with Crippen molar-refractivity contribution in [3.8, 4) is 0 Å². The number of hydrogen-bond donors (Lipinski definition) is 2. The second-order valence-corrected chi connectivity index (χ2v) is 6.34. The number of benzene rings is 1. The zero-order valence-corrected chi connectivity index (χ0v) is 14.7. The molecule has 0 saturated carbocycles. The van der Waals surface area contributed by atoms with E-state index >= 15 is 0 Å². The molecule has 0 aliphatic carbocycles. The molecule has 0 saturated heterocycles. The van der Waals surface area contributed by atoms with Gasteiger partial charge in [0.15, 0.2) is 0 Å². The zero-order chi connectivity index (χ0) is 17.4. The Kier molecular flexibility index (Phi) is 6.81. The Morgan fingerprint density at radius 3 is 2.54 bits per heavy atom. The van der Waals surface area contributed by atoms with Crippen LogP contribution in [0.25, 0.3) is 0 Å². The Morgan fingerprint density at radius 2 is 1.79 bits per heavy atom. The number of carbonyl (C=O) groups is 2. The van der Waals surface area contributed by atoms with Gasteiger partial charge in [0.25, 0.3) is 11.8 Å². The van der Waals surface area contributed by atoms with Gasteiger partial charge in [-0.15, -0.1) is 11.8 Å². The SMILES string of the molecule is CCNC(=O)c1cccc(CNC(=O)c2ccnc(SCC)c2)c1. The van der Waals surface area contributed by atoms with Crippen molar-refractivity contribution in [2.24, 2.45) is 0 Å². The van der Waals surface area contributed by atoms with Crippen LogP contribution in [0.15, 0.2) is 47.6 Å². The zero-order valence-electron chi connectivity index (χ0n) is 13.8. The Labute approximate surface area is 146 Å². The van der Waals surface area contributed by atoms with Crippen molar-refractivity contribution in [3.63, 3.8) is 0 Å². The highest BCUT2D eigenvalue weighted by Gasteiger charge is 2.08. The van der Waals surface area contributed by atoms with Gasteiger partial charge in [-0.05, 0) is 42.5 Å². The van der Waals surface area contributed by atoms with Crippen molar-refractivity contribution in [1.82, 2.24) is 15.6 Å². The van der Waals surface area contributed by atoms with Crippen molar-refractivity contribution in [1.29, 1.82) is 0 Å². The summed E-state index contributed by atoms with van der Waals surface area (Å²) < 4.78 is 0. The van der Waals surface area contributed by atoms with E-state index in [9.17, 15) is 9.59 Å². The number of amides is 2. The van der Waals surface area contributed by atoms with E-state index < -0.39 is 0 Å². The third-order valence-electron chi connectivity index (χ3n) is 3.27. The summed E-state index contributed by atoms with van der Waals surface area (Å²) in [4.78, 5) is 28.3. The summed E-state index contributed by atoms with van der Waals surface area (Å²) in [7, 11) is 0.